The first-order chi connectivity index (χ1) is 3.50. The number of hydrogen-bond donors (Lipinski definition) is 0. The van der Waals surface area contributed by atoms with Gasteiger partial charge in [-0.2, -0.15) is 6.08 Å². The Bertz CT molecular complexity index is 84.4. The van der Waals surface area contributed by atoms with Gasteiger partial charge in [-0.3, -0.25) is 6.08 Å². The molecule has 0 aromatic rings. The number of carbonyl (C=O) groups is 1. The molecule has 0 saturated carbocycles. The Morgan fingerprint density at radius 3 is 2.22 bits per heavy atom. The number of rotatable bonds is 0. The summed E-state index contributed by atoms with van der Waals surface area (Å²) in [4.78, 5) is 8.00. The molecule has 57 valence electrons. The second-order valence-corrected chi connectivity index (χ2v) is 1.00. The van der Waals surface area contributed by atoms with Gasteiger partial charge in [0.15, 0.2) is 0 Å². The summed E-state index contributed by atoms with van der Waals surface area (Å²) in [5.41, 5.74) is 0. The van der Waals surface area contributed by atoms with Crippen LogP contribution in [0.3, 0.4) is 0 Å². The minimum Gasteiger partial charge on any atom is -1.00 e. The summed E-state index contributed by atoms with van der Waals surface area (Å²) in [6.45, 7) is 2.00. The van der Waals surface area contributed by atoms with E-state index in [4.69, 9.17) is 4.79 Å². The third kappa shape index (κ3) is 11.3. The van der Waals surface area contributed by atoms with Crippen LogP contribution in [0.5, 0.6) is 0 Å². The summed E-state index contributed by atoms with van der Waals surface area (Å²) in [6.07, 6.45) is 10.0. The van der Waals surface area contributed by atoms with E-state index in [2.05, 4.69) is 12.2 Å². The third-order valence-electron chi connectivity index (χ3n) is 0.586. The monoisotopic (exact) mass is 171 g/mol. The molecule has 0 unspecified atom stereocenters. The maximum absolute atomic E-state index is 8.00. The second kappa shape index (κ2) is 15.6. The van der Waals surface area contributed by atoms with E-state index in [-0.39, 0.29) is 27.1 Å². The largest absolute Gasteiger partial charge is 2.00 e. The van der Waals surface area contributed by atoms with Gasteiger partial charge < -0.3 is 15.1 Å². The molecule has 0 fully saturated rings. The zero-order chi connectivity index (χ0) is 5.54. The molecule has 0 saturated heterocycles. The first-order valence-corrected chi connectivity index (χ1v) is 2.01. The molecule has 0 spiro atoms. The minimum atomic E-state index is 0. The molecule has 1 rings (SSSR count). The molecule has 0 amide bonds. The maximum atomic E-state index is 8.00. The van der Waals surface area contributed by atoms with Crippen LogP contribution in [-0.2, 0) is 21.6 Å². The van der Waals surface area contributed by atoms with Crippen molar-refractivity contribution in [2.45, 2.75) is 6.42 Å². The van der Waals surface area contributed by atoms with Crippen molar-refractivity contribution in [3.8, 4) is 0 Å². The van der Waals surface area contributed by atoms with Crippen molar-refractivity contribution in [3.63, 3.8) is 0 Å². The predicted molar refractivity (Wildman–Crippen MR) is 37.3 cm³/mol. The number of carbonyl (C=O) groups excluding carboxylic acids is 1. The third-order valence-corrected chi connectivity index (χ3v) is 0.586. The molecular weight excluding hydrogens is 159 g/mol. The van der Waals surface area contributed by atoms with E-state index in [0.29, 0.717) is 0 Å². The fourth-order valence-electron chi connectivity index (χ4n) is 0.340. The summed E-state index contributed by atoms with van der Waals surface area (Å²) in [5, 5.41) is 0. The fraction of sp³-hybridized carbons (Fsp3) is 0.143. The zero-order valence-electron chi connectivity index (χ0n) is 7.39. The van der Waals surface area contributed by atoms with Crippen LogP contribution in [0.15, 0.2) is 18.2 Å². The van der Waals surface area contributed by atoms with Gasteiger partial charge in [-0.05, 0) is 0 Å². The molecule has 0 aromatic carbocycles. The van der Waals surface area contributed by atoms with Gasteiger partial charge in [-0.15, -0.1) is 6.42 Å². The fourth-order valence-corrected chi connectivity index (χ4v) is 0.340. The standard InChI is InChI=1S/C5H5.CH2O.CH3.Co.2H/c1-2-4-5-3-1;1-2;;;;/h1-3H,4H2;1H2;1H3;;;/q-1;;-1;+2;2*-1. The summed E-state index contributed by atoms with van der Waals surface area (Å²) < 4.78 is 0. The van der Waals surface area contributed by atoms with E-state index in [1.165, 1.54) is 0 Å². The quantitative estimate of drug-likeness (QED) is 0.508. The van der Waals surface area contributed by atoms with Crippen LogP contribution in [0.25, 0.3) is 0 Å². The Balaban J connectivity index is -0.0000000189. The van der Waals surface area contributed by atoms with Crippen molar-refractivity contribution in [3.05, 3.63) is 31.7 Å². The number of hydrogen-bond acceptors (Lipinski definition) is 1. The van der Waals surface area contributed by atoms with Crippen LogP contribution < -0.4 is 0 Å². The Labute approximate surface area is 70.0 Å². The molecule has 0 heterocycles. The Morgan fingerprint density at radius 2 is 2.11 bits per heavy atom. The van der Waals surface area contributed by atoms with Gasteiger partial charge in [0.1, 0.15) is 6.79 Å². The summed E-state index contributed by atoms with van der Waals surface area (Å²) >= 11 is 0. The molecule has 0 N–H and O–H groups in total. The van der Waals surface area contributed by atoms with Crippen LogP contribution in [0.1, 0.15) is 9.27 Å². The van der Waals surface area contributed by atoms with Crippen molar-refractivity contribution in [2.24, 2.45) is 0 Å². The molecule has 0 atom stereocenters. The van der Waals surface area contributed by atoms with Crippen LogP contribution >= 0.6 is 0 Å². The predicted octanol–water partition coefficient (Wildman–Crippen LogP) is 1.79. The van der Waals surface area contributed by atoms with Crippen LogP contribution in [-0.4, -0.2) is 6.79 Å². The maximum Gasteiger partial charge on any atom is 2.00 e. The van der Waals surface area contributed by atoms with Crippen LogP contribution in [0, 0.1) is 13.5 Å². The van der Waals surface area contributed by atoms with E-state index in [1.54, 1.807) is 0 Å². The van der Waals surface area contributed by atoms with Crippen molar-refractivity contribution in [1.29, 1.82) is 0 Å². The first-order valence-electron chi connectivity index (χ1n) is 2.01. The smallest absolute Gasteiger partial charge is 1.00 e. The molecule has 0 bridgehead atoms. The van der Waals surface area contributed by atoms with Crippen LogP contribution in [0.4, 0.5) is 0 Å². The van der Waals surface area contributed by atoms with E-state index < -0.39 is 0 Å². The van der Waals surface area contributed by atoms with E-state index in [1.807, 2.05) is 18.9 Å². The van der Waals surface area contributed by atoms with Crippen molar-refractivity contribution < 1.29 is 24.4 Å². The minimum absolute atomic E-state index is 0. The van der Waals surface area contributed by atoms with E-state index in [9.17, 15) is 0 Å². The van der Waals surface area contributed by atoms with E-state index >= 15 is 0 Å². The average molecular weight is 171 g/mol. The number of allylic oxidation sites excluding steroid dienone is 4. The average Bonchev–Trinajstić information content (AvgIpc) is 2.23. The summed E-state index contributed by atoms with van der Waals surface area (Å²) in [5.74, 6) is 0. The van der Waals surface area contributed by atoms with E-state index in [0.717, 1.165) is 6.42 Å². The second-order valence-electron chi connectivity index (χ2n) is 1.00. The van der Waals surface area contributed by atoms with Gasteiger partial charge in [0.05, 0.1) is 0 Å². The SMILES string of the molecule is C=O.[C-]1=CC=CC1.[CH3-].[Co+2].[H-].[H-]. The molecule has 1 aliphatic carbocycles. The van der Waals surface area contributed by atoms with Gasteiger partial charge in [0.25, 0.3) is 0 Å². The Morgan fingerprint density at radius 1 is 1.56 bits per heavy atom. The molecule has 2 heteroatoms. The van der Waals surface area contributed by atoms with Crippen molar-refractivity contribution in [1.82, 2.24) is 0 Å². The molecule has 1 radical (unpaired) electrons. The Kier molecular flexibility index (Phi) is 27.6. The summed E-state index contributed by atoms with van der Waals surface area (Å²) in [7, 11) is 0. The van der Waals surface area contributed by atoms with Crippen molar-refractivity contribution >= 4 is 6.79 Å². The molecule has 0 aromatic heterocycles. The van der Waals surface area contributed by atoms with Gasteiger partial charge in [0, 0.05) is 0 Å². The first kappa shape index (κ1) is 15.9. The molecule has 9 heavy (non-hydrogen) atoms. The normalized spacial score (nSPS) is 10.2. The van der Waals surface area contributed by atoms with Gasteiger partial charge >= 0.3 is 16.8 Å². The van der Waals surface area contributed by atoms with Crippen LogP contribution in [0.2, 0.25) is 0 Å². The zero-order valence-corrected chi connectivity index (χ0v) is 6.43. The molecular formula is C7H12CoO-2. The molecule has 1 aliphatic rings. The van der Waals surface area contributed by atoms with Gasteiger partial charge in [-0.25, -0.2) is 12.2 Å². The summed E-state index contributed by atoms with van der Waals surface area (Å²) in [6, 6.07) is 0. The molecule has 1 nitrogen and oxygen atoms in total. The Hall–Kier alpha value is -0.344. The topological polar surface area (TPSA) is 17.1 Å². The van der Waals surface area contributed by atoms with Gasteiger partial charge in [-0.1, -0.05) is 0 Å². The van der Waals surface area contributed by atoms with Crippen molar-refractivity contribution in [2.75, 3.05) is 0 Å². The molecule has 0 aliphatic heterocycles. The van der Waals surface area contributed by atoms with Gasteiger partial charge in [0.2, 0.25) is 0 Å².